The van der Waals surface area contributed by atoms with Crippen molar-refractivity contribution in [2.24, 2.45) is 0 Å². The predicted molar refractivity (Wildman–Crippen MR) is 64.9 cm³/mol. The van der Waals surface area contributed by atoms with Crippen LogP contribution in [0.3, 0.4) is 0 Å². The fourth-order valence-electron chi connectivity index (χ4n) is 1.33. The number of ether oxygens (including phenoxy) is 1. The first-order valence-corrected chi connectivity index (χ1v) is 5.65. The van der Waals surface area contributed by atoms with E-state index in [0.29, 0.717) is 5.69 Å². The van der Waals surface area contributed by atoms with Gasteiger partial charge in [-0.15, -0.1) is 13.2 Å². The maximum atomic E-state index is 11.9. The molecule has 1 aromatic rings. The Bertz CT molecular complexity index is 416. The number of benzene rings is 1. The van der Waals surface area contributed by atoms with Gasteiger partial charge in [-0.3, -0.25) is 4.79 Å². The van der Waals surface area contributed by atoms with Crippen LogP contribution >= 0.6 is 0 Å². The molecule has 1 amide bonds. The largest absolute Gasteiger partial charge is 0.573 e. The van der Waals surface area contributed by atoms with E-state index in [2.05, 4.69) is 15.4 Å². The number of hydrogen-bond donors (Lipinski definition) is 2. The number of amides is 1. The second-order valence-electron chi connectivity index (χ2n) is 4.15. The first-order valence-electron chi connectivity index (χ1n) is 5.65. The number of halogens is 3. The van der Waals surface area contributed by atoms with Crippen molar-refractivity contribution in [2.75, 3.05) is 11.9 Å². The highest BCUT2D eigenvalue weighted by molar-refractivity contribution is 5.80. The standard InChI is InChI=1S/C12H15F3N2O2/c1-8(2)17-11(18)7-16-9-3-5-10(6-4-9)19-12(13,14)15/h3-6,8,16H,7H2,1-2H3,(H,17,18). The Morgan fingerprint density at radius 2 is 1.84 bits per heavy atom. The molecule has 0 bridgehead atoms. The Labute approximate surface area is 108 Å². The third-order valence-corrected chi connectivity index (χ3v) is 1.99. The second kappa shape index (κ2) is 6.31. The fraction of sp³-hybridized carbons (Fsp3) is 0.417. The van der Waals surface area contributed by atoms with Gasteiger partial charge in [0.2, 0.25) is 5.91 Å². The van der Waals surface area contributed by atoms with Gasteiger partial charge in [0.1, 0.15) is 5.75 Å². The lowest BCUT2D eigenvalue weighted by Gasteiger charge is -2.11. The van der Waals surface area contributed by atoms with Gasteiger partial charge in [-0.05, 0) is 38.1 Å². The minimum absolute atomic E-state index is 0.0388. The molecule has 0 radical (unpaired) electrons. The normalized spacial score (nSPS) is 11.3. The molecule has 0 saturated heterocycles. The summed E-state index contributed by atoms with van der Waals surface area (Å²) in [5.74, 6) is -0.490. The molecular formula is C12H15F3N2O2. The number of nitrogens with one attached hydrogen (secondary N) is 2. The monoisotopic (exact) mass is 276 g/mol. The van der Waals surface area contributed by atoms with Crippen LogP contribution in [0.15, 0.2) is 24.3 Å². The molecule has 0 aliphatic rings. The van der Waals surface area contributed by atoms with Crippen LogP contribution in [0, 0.1) is 0 Å². The molecule has 2 N–H and O–H groups in total. The SMILES string of the molecule is CC(C)NC(=O)CNc1ccc(OC(F)(F)F)cc1. The molecule has 0 fully saturated rings. The summed E-state index contributed by atoms with van der Waals surface area (Å²) in [6.45, 7) is 3.72. The van der Waals surface area contributed by atoms with E-state index in [-0.39, 0.29) is 24.2 Å². The lowest BCUT2D eigenvalue weighted by molar-refractivity contribution is -0.274. The Hall–Kier alpha value is -1.92. The molecule has 1 rings (SSSR count). The van der Waals surface area contributed by atoms with Crippen molar-refractivity contribution >= 4 is 11.6 Å². The lowest BCUT2D eigenvalue weighted by atomic mass is 10.3. The third-order valence-electron chi connectivity index (χ3n) is 1.99. The molecule has 4 nitrogen and oxygen atoms in total. The number of hydrogen-bond acceptors (Lipinski definition) is 3. The van der Waals surface area contributed by atoms with E-state index in [1.54, 1.807) is 0 Å². The zero-order valence-electron chi connectivity index (χ0n) is 10.5. The summed E-state index contributed by atoms with van der Waals surface area (Å²) in [7, 11) is 0. The molecule has 19 heavy (non-hydrogen) atoms. The van der Waals surface area contributed by atoms with Crippen molar-refractivity contribution in [2.45, 2.75) is 26.3 Å². The predicted octanol–water partition coefficient (Wildman–Crippen LogP) is 2.52. The summed E-state index contributed by atoms with van der Waals surface area (Å²) in [5, 5.41) is 5.47. The number of anilines is 1. The maximum Gasteiger partial charge on any atom is 0.573 e. The van der Waals surface area contributed by atoms with Crippen molar-refractivity contribution < 1.29 is 22.7 Å². The first kappa shape index (κ1) is 15.1. The van der Waals surface area contributed by atoms with Gasteiger partial charge in [-0.1, -0.05) is 0 Å². The van der Waals surface area contributed by atoms with Crippen molar-refractivity contribution in [3.63, 3.8) is 0 Å². The summed E-state index contributed by atoms with van der Waals surface area (Å²) in [6.07, 6.45) is -4.70. The highest BCUT2D eigenvalue weighted by Crippen LogP contribution is 2.23. The minimum atomic E-state index is -4.70. The van der Waals surface area contributed by atoms with Crippen LogP contribution in [0.4, 0.5) is 18.9 Å². The van der Waals surface area contributed by atoms with Crippen molar-refractivity contribution in [3.05, 3.63) is 24.3 Å². The molecule has 1 aromatic carbocycles. The molecular weight excluding hydrogens is 261 g/mol. The van der Waals surface area contributed by atoms with E-state index in [9.17, 15) is 18.0 Å². The first-order chi connectivity index (χ1) is 8.76. The Kier molecular flexibility index (Phi) is 5.02. The van der Waals surface area contributed by atoms with Gasteiger partial charge in [-0.25, -0.2) is 0 Å². The van der Waals surface area contributed by atoms with Crippen LogP contribution in [0.1, 0.15) is 13.8 Å². The van der Waals surface area contributed by atoms with Crippen molar-refractivity contribution in [1.82, 2.24) is 5.32 Å². The molecule has 0 aliphatic carbocycles. The Balaban J connectivity index is 2.46. The van der Waals surface area contributed by atoms with Crippen LogP contribution in [-0.4, -0.2) is 24.9 Å². The van der Waals surface area contributed by atoms with Crippen LogP contribution in [0.25, 0.3) is 0 Å². The topological polar surface area (TPSA) is 50.4 Å². The van der Waals surface area contributed by atoms with Crippen molar-refractivity contribution in [1.29, 1.82) is 0 Å². The summed E-state index contributed by atoms with van der Waals surface area (Å²) in [5.41, 5.74) is 0.536. The lowest BCUT2D eigenvalue weighted by Crippen LogP contribution is -2.34. The van der Waals surface area contributed by atoms with Gasteiger partial charge in [0.15, 0.2) is 0 Å². The molecule has 0 unspecified atom stereocenters. The zero-order chi connectivity index (χ0) is 14.5. The summed E-state index contributed by atoms with van der Waals surface area (Å²) in [6, 6.07) is 5.21. The molecule has 0 saturated carbocycles. The van der Waals surface area contributed by atoms with Gasteiger partial charge in [0, 0.05) is 11.7 Å². The maximum absolute atomic E-state index is 11.9. The molecule has 106 valence electrons. The number of alkyl halides is 3. The number of rotatable bonds is 5. The molecule has 0 aromatic heterocycles. The van der Waals surface area contributed by atoms with Crippen LogP contribution in [0.5, 0.6) is 5.75 Å². The number of carbonyl (C=O) groups is 1. The van der Waals surface area contributed by atoms with E-state index in [1.165, 1.54) is 24.3 Å². The Morgan fingerprint density at radius 1 is 1.26 bits per heavy atom. The summed E-state index contributed by atoms with van der Waals surface area (Å²) >= 11 is 0. The third kappa shape index (κ3) is 6.54. The average molecular weight is 276 g/mol. The van der Waals surface area contributed by atoms with Gasteiger partial charge >= 0.3 is 6.36 Å². The molecule has 0 spiro atoms. The van der Waals surface area contributed by atoms with E-state index < -0.39 is 6.36 Å². The van der Waals surface area contributed by atoms with Gasteiger partial charge in [-0.2, -0.15) is 0 Å². The smallest absolute Gasteiger partial charge is 0.406 e. The van der Waals surface area contributed by atoms with Gasteiger partial charge < -0.3 is 15.4 Å². The zero-order valence-corrected chi connectivity index (χ0v) is 10.5. The second-order valence-corrected chi connectivity index (χ2v) is 4.15. The molecule has 0 atom stereocenters. The summed E-state index contributed by atoms with van der Waals surface area (Å²) < 4.78 is 39.5. The highest BCUT2D eigenvalue weighted by atomic mass is 19.4. The average Bonchev–Trinajstić information content (AvgIpc) is 2.25. The van der Waals surface area contributed by atoms with E-state index in [4.69, 9.17) is 0 Å². The molecule has 0 aliphatic heterocycles. The molecule has 0 heterocycles. The summed E-state index contributed by atoms with van der Waals surface area (Å²) in [4.78, 5) is 11.3. The van der Waals surface area contributed by atoms with Gasteiger partial charge in [0.25, 0.3) is 0 Å². The van der Waals surface area contributed by atoms with Crippen molar-refractivity contribution in [3.8, 4) is 5.75 Å². The minimum Gasteiger partial charge on any atom is -0.406 e. The Morgan fingerprint density at radius 3 is 2.32 bits per heavy atom. The van der Waals surface area contributed by atoms with E-state index in [0.717, 1.165) is 0 Å². The van der Waals surface area contributed by atoms with E-state index >= 15 is 0 Å². The van der Waals surface area contributed by atoms with E-state index in [1.807, 2.05) is 13.8 Å². The molecule has 7 heteroatoms. The van der Waals surface area contributed by atoms with Gasteiger partial charge in [0.05, 0.1) is 6.54 Å². The highest BCUT2D eigenvalue weighted by Gasteiger charge is 2.30. The quantitative estimate of drug-likeness (QED) is 0.869. The van der Waals surface area contributed by atoms with Crippen LogP contribution in [0.2, 0.25) is 0 Å². The van der Waals surface area contributed by atoms with Crippen LogP contribution in [-0.2, 0) is 4.79 Å². The van der Waals surface area contributed by atoms with Crippen LogP contribution < -0.4 is 15.4 Å². The number of carbonyl (C=O) groups excluding carboxylic acids is 1. The fourth-order valence-corrected chi connectivity index (χ4v) is 1.33.